The van der Waals surface area contributed by atoms with Crippen LogP contribution >= 0.6 is 0 Å². The maximum absolute atomic E-state index is 9.78. The fourth-order valence-corrected chi connectivity index (χ4v) is 4.35. The molecular formula is C24H30N2O5. The van der Waals surface area contributed by atoms with Gasteiger partial charge in [-0.05, 0) is 56.6 Å². The summed E-state index contributed by atoms with van der Waals surface area (Å²) in [6.45, 7) is 5.11. The first kappa shape index (κ1) is 21.3. The lowest BCUT2D eigenvalue weighted by Gasteiger charge is -2.36. The van der Waals surface area contributed by atoms with Gasteiger partial charge in [-0.1, -0.05) is 17.3 Å². The number of hydrogen-bond donors (Lipinski definition) is 1. The largest absolute Gasteiger partial charge is 0.492 e. The van der Waals surface area contributed by atoms with Crippen LogP contribution in [0.25, 0.3) is 0 Å². The molecule has 2 aromatic rings. The van der Waals surface area contributed by atoms with Gasteiger partial charge in [0.25, 0.3) is 0 Å². The van der Waals surface area contributed by atoms with E-state index in [4.69, 9.17) is 18.9 Å². The molecule has 7 nitrogen and oxygen atoms in total. The molecular weight excluding hydrogens is 396 g/mol. The summed E-state index contributed by atoms with van der Waals surface area (Å²) in [6, 6.07) is 10.0. The van der Waals surface area contributed by atoms with Crippen molar-refractivity contribution in [1.82, 2.24) is 4.90 Å². The summed E-state index contributed by atoms with van der Waals surface area (Å²) in [5.41, 5.74) is 4.06. The number of rotatable bonds is 7. The lowest BCUT2D eigenvalue weighted by atomic mass is 9.87. The molecule has 1 N–H and O–H groups in total. The van der Waals surface area contributed by atoms with Gasteiger partial charge in [-0.25, -0.2) is 0 Å². The van der Waals surface area contributed by atoms with Crippen molar-refractivity contribution >= 4 is 5.71 Å². The fraction of sp³-hybridized carbons (Fsp3) is 0.458. The number of hydrogen-bond acceptors (Lipinski definition) is 7. The molecule has 0 saturated carbocycles. The highest BCUT2D eigenvalue weighted by Gasteiger charge is 2.34. The van der Waals surface area contributed by atoms with E-state index >= 15 is 0 Å². The molecule has 0 spiro atoms. The smallest absolute Gasteiger partial charge is 0.231 e. The van der Waals surface area contributed by atoms with Gasteiger partial charge in [0.15, 0.2) is 11.5 Å². The molecule has 4 rings (SSSR count). The zero-order chi connectivity index (χ0) is 22.0. The van der Waals surface area contributed by atoms with Crippen molar-refractivity contribution in [1.29, 1.82) is 0 Å². The summed E-state index contributed by atoms with van der Waals surface area (Å²) in [7, 11) is 3.75. The van der Waals surface area contributed by atoms with Gasteiger partial charge in [0.2, 0.25) is 12.5 Å². The molecule has 0 unspecified atom stereocenters. The van der Waals surface area contributed by atoms with Crippen LogP contribution in [0.4, 0.5) is 0 Å². The Bertz CT molecular complexity index is 955. The van der Waals surface area contributed by atoms with Crippen molar-refractivity contribution in [2.75, 3.05) is 27.5 Å². The molecule has 0 radical (unpaired) electrons. The number of ether oxygens (including phenoxy) is 4. The minimum atomic E-state index is 0.0163. The van der Waals surface area contributed by atoms with Crippen molar-refractivity contribution in [2.45, 2.75) is 45.3 Å². The maximum atomic E-state index is 9.78. The van der Waals surface area contributed by atoms with E-state index in [9.17, 15) is 5.21 Å². The van der Waals surface area contributed by atoms with Crippen LogP contribution in [0.3, 0.4) is 0 Å². The summed E-state index contributed by atoms with van der Waals surface area (Å²) in [5.74, 6) is 2.94. The minimum Gasteiger partial charge on any atom is -0.492 e. The normalized spacial score (nSPS) is 18.2. The molecule has 0 saturated heterocycles. The third-order valence-electron chi connectivity index (χ3n) is 5.82. The zero-order valence-electron chi connectivity index (χ0n) is 18.6. The summed E-state index contributed by atoms with van der Waals surface area (Å²) >= 11 is 0. The number of nitrogens with zero attached hydrogens (tertiary/aromatic N) is 2. The van der Waals surface area contributed by atoms with E-state index in [-0.39, 0.29) is 18.9 Å². The Hall–Kier alpha value is -2.93. The lowest BCUT2D eigenvalue weighted by molar-refractivity contribution is 0.170. The Kier molecular flexibility index (Phi) is 6.23. The van der Waals surface area contributed by atoms with Crippen LogP contribution < -0.4 is 18.9 Å². The van der Waals surface area contributed by atoms with E-state index < -0.39 is 0 Å². The Morgan fingerprint density at radius 3 is 2.71 bits per heavy atom. The van der Waals surface area contributed by atoms with Crippen molar-refractivity contribution in [2.24, 2.45) is 5.16 Å². The van der Waals surface area contributed by atoms with E-state index in [0.717, 1.165) is 35.6 Å². The van der Waals surface area contributed by atoms with Crippen LogP contribution in [0.1, 0.15) is 43.0 Å². The predicted octanol–water partition coefficient (Wildman–Crippen LogP) is 4.20. The third-order valence-corrected chi connectivity index (χ3v) is 5.82. The molecule has 166 valence electrons. The van der Waals surface area contributed by atoms with Gasteiger partial charge in [-0.2, -0.15) is 0 Å². The zero-order valence-corrected chi connectivity index (χ0v) is 18.6. The highest BCUT2D eigenvalue weighted by Crippen LogP contribution is 2.50. The van der Waals surface area contributed by atoms with Gasteiger partial charge in [0.05, 0.1) is 18.9 Å². The van der Waals surface area contributed by atoms with Gasteiger partial charge >= 0.3 is 0 Å². The fourth-order valence-electron chi connectivity index (χ4n) is 4.35. The van der Waals surface area contributed by atoms with Crippen LogP contribution in [0.2, 0.25) is 0 Å². The summed E-state index contributed by atoms with van der Waals surface area (Å²) in [6.07, 6.45) is 2.18. The van der Waals surface area contributed by atoms with Crippen molar-refractivity contribution in [3.8, 4) is 23.0 Å². The molecule has 2 heterocycles. The second-order valence-corrected chi connectivity index (χ2v) is 8.32. The number of fused-ring (bicyclic) bond motifs is 2. The van der Waals surface area contributed by atoms with Crippen LogP contribution in [0, 0.1) is 0 Å². The number of methoxy groups -OCH3 is 1. The Labute approximate surface area is 183 Å². The first-order chi connectivity index (χ1) is 15.0. The van der Waals surface area contributed by atoms with Crippen molar-refractivity contribution < 1.29 is 24.2 Å². The monoisotopic (exact) mass is 426 g/mol. The first-order valence-corrected chi connectivity index (χ1v) is 10.6. The van der Waals surface area contributed by atoms with E-state index in [0.29, 0.717) is 30.1 Å². The summed E-state index contributed by atoms with van der Waals surface area (Å²) in [5, 5.41) is 13.4. The van der Waals surface area contributed by atoms with Gasteiger partial charge in [-0.15, -0.1) is 0 Å². The van der Waals surface area contributed by atoms with Crippen LogP contribution in [0.15, 0.2) is 35.5 Å². The topological polar surface area (TPSA) is 72.8 Å². The van der Waals surface area contributed by atoms with Crippen LogP contribution in [-0.4, -0.2) is 49.4 Å². The lowest BCUT2D eigenvalue weighted by Crippen LogP contribution is -2.34. The molecule has 0 bridgehead atoms. The second kappa shape index (κ2) is 9.06. The number of likely N-dealkylation sites (N-methyl/N-ethyl adjacent to an activating group) is 1. The average Bonchev–Trinajstić information content (AvgIpc) is 3.22. The molecule has 2 aromatic carbocycles. The molecule has 2 aliphatic heterocycles. The van der Waals surface area contributed by atoms with E-state index in [2.05, 4.69) is 23.2 Å². The highest BCUT2D eigenvalue weighted by molar-refractivity contribution is 5.87. The van der Waals surface area contributed by atoms with Crippen LogP contribution in [-0.2, 0) is 12.8 Å². The highest BCUT2D eigenvalue weighted by atomic mass is 16.7. The number of benzene rings is 2. The standard InChI is InChI=1S/C24H30N2O5/c1-15(2)31-19-7-5-16(6-8-19)11-18(25-27)13-20-22-17(9-10-26(20)3)12-21-23(24(22)28-4)30-14-29-21/h5-8,12,15,20,27H,9-11,13-14H2,1-4H3/b25-18-/t20-/m1/s1. The second-order valence-electron chi connectivity index (χ2n) is 8.32. The maximum Gasteiger partial charge on any atom is 0.231 e. The quantitative estimate of drug-likeness (QED) is 0.406. The Balaban J connectivity index is 1.57. The van der Waals surface area contributed by atoms with Gasteiger partial charge in [-0.3, -0.25) is 4.90 Å². The Morgan fingerprint density at radius 1 is 1.26 bits per heavy atom. The molecule has 0 amide bonds. The minimum absolute atomic E-state index is 0.0163. The van der Waals surface area contributed by atoms with E-state index in [1.807, 2.05) is 38.1 Å². The molecule has 31 heavy (non-hydrogen) atoms. The summed E-state index contributed by atoms with van der Waals surface area (Å²) < 4.78 is 22.8. The van der Waals surface area contributed by atoms with Gasteiger partial charge < -0.3 is 24.2 Å². The van der Waals surface area contributed by atoms with Crippen molar-refractivity contribution in [3.05, 3.63) is 47.0 Å². The van der Waals surface area contributed by atoms with E-state index in [1.165, 1.54) is 5.56 Å². The summed E-state index contributed by atoms with van der Waals surface area (Å²) in [4.78, 5) is 2.28. The average molecular weight is 427 g/mol. The molecule has 7 heteroatoms. The SMILES string of the molecule is COc1c2c(cc3c1[C@@H](C/C(Cc1ccc(OC(C)C)cc1)=N\O)N(C)CC3)OCO2. The van der Waals surface area contributed by atoms with Gasteiger partial charge in [0, 0.05) is 31.0 Å². The van der Waals surface area contributed by atoms with Crippen molar-refractivity contribution in [3.63, 3.8) is 0 Å². The van der Waals surface area contributed by atoms with Gasteiger partial charge in [0.1, 0.15) is 5.75 Å². The molecule has 2 aliphatic rings. The Morgan fingerprint density at radius 2 is 2.03 bits per heavy atom. The molecule has 0 fully saturated rings. The van der Waals surface area contributed by atoms with Crippen LogP contribution in [0.5, 0.6) is 23.0 Å². The molecule has 0 aliphatic carbocycles. The molecule has 0 aromatic heterocycles. The first-order valence-electron chi connectivity index (χ1n) is 10.6. The number of oxime groups is 1. The third kappa shape index (κ3) is 4.42. The molecule has 1 atom stereocenters. The van der Waals surface area contributed by atoms with E-state index in [1.54, 1.807) is 7.11 Å². The predicted molar refractivity (Wildman–Crippen MR) is 118 cm³/mol.